The van der Waals surface area contributed by atoms with E-state index < -0.39 is 0 Å². The number of hydrogen-bond acceptors (Lipinski definition) is 5. The SMILES string of the molecule is CCn1c(SCCN)nnc1-c1ccco1. The standard InChI is InChI=1S/C10H14N4OS/c1-2-14-9(8-4-3-6-15-8)12-13-10(14)16-7-5-11/h3-4,6H,2,5,7,11H2,1H3. The van der Waals surface area contributed by atoms with Gasteiger partial charge in [0.1, 0.15) is 0 Å². The Kier molecular flexibility index (Phi) is 3.63. The highest BCUT2D eigenvalue weighted by Gasteiger charge is 2.14. The molecule has 2 aromatic rings. The normalized spacial score (nSPS) is 10.9. The number of hydrogen-bond donors (Lipinski definition) is 1. The van der Waals surface area contributed by atoms with Gasteiger partial charge in [-0.2, -0.15) is 0 Å². The molecule has 0 fully saturated rings. The first-order valence-corrected chi connectivity index (χ1v) is 6.15. The second kappa shape index (κ2) is 5.18. The molecule has 6 heteroatoms. The fraction of sp³-hybridized carbons (Fsp3) is 0.400. The Morgan fingerprint density at radius 2 is 2.38 bits per heavy atom. The van der Waals surface area contributed by atoms with Gasteiger partial charge in [0, 0.05) is 18.8 Å². The molecule has 2 heterocycles. The van der Waals surface area contributed by atoms with E-state index in [-0.39, 0.29) is 0 Å². The summed E-state index contributed by atoms with van der Waals surface area (Å²) in [5.74, 6) is 2.36. The molecule has 0 aromatic carbocycles. The van der Waals surface area contributed by atoms with Crippen molar-refractivity contribution in [2.45, 2.75) is 18.6 Å². The Labute approximate surface area is 98.0 Å². The van der Waals surface area contributed by atoms with Crippen LogP contribution in [0.1, 0.15) is 6.92 Å². The van der Waals surface area contributed by atoms with Crippen molar-refractivity contribution in [1.82, 2.24) is 14.8 Å². The van der Waals surface area contributed by atoms with E-state index in [2.05, 4.69) is 17.1 Å². The number of rotatable bonds is 5. The molecule has 0 saturated carbocycles. The van der Waals surface area contributed by atoms with E-state index in [1.54, 1.807) is 18.0 Å². The first-order chi connectivity index (χ1) is 7.86. The highest BCUT2D eigenvalue weighted by molar-refractivity contribution is 7.99. The van der Waals surface area contributed by atoms with E-state index in [0.29, 0.717) is 6.54 Å². The summed E-state index contributed by atoms with van der Waals surface area (Å²) in [6.45, 7) is 3.51. The summed E-state index contributed by atoms with van der Waals surface area (Å²) in [6, 6.07) is 3.73. The van der Waals surface area contributed by atoms with Crippen LogP contribution in [0.25, 0.3) is 11.6 Å². The molecule has 5 nitrogen and oxygen atoms in total. The first-order valence-electron chi connectivity index (χ1n) is 5.16. The molecule has 2 aromatic heterocycles. The summed E-state index contributed by atoms with van der Waals surface area (Å²) >= 11 is 1.61. The zero-order valence-electron chi connectivity index (χ0n) is 9.09. The molecule has 0 unspecified atom stereocenters. The lowest BCUT2D eigenvalue weighted by atomic mass is 10.4. The average molecular weight is 238 g/mol. The third kappa shape index (κ3) is 2.12. The average Bonchev–Trinajstić information content (AvgIpc) is 2.94. The van der Waals surface area contributed by atoms with E-state index in [1.807, 2.05) is 16.7 Å². The van der Waals surface area contributed by atoms with Crippen LogP contribution < -0.4 is 5.73 Å². The smallest absolute Gasteiger partial charge is 0.200 e. The molecule has 0 saturated heterocycles. The van der Waals surface area contributed by atoms with Gasteiger partial charge < -0.3 is 10.2 Å². The number of nitrogens with two attached hydrogens (primary N) is 1. The first kappa shape index (κ1) is 11.2. The highest BCUT2D eigenvalue weighted by Crippen LogP contribution is 2.23. The van der Waals surface area contributed by atoms with Gasteiger partial charge in [0.2, 0.25) is 0 Å². The lowest BCUT2D eigenvalue weighted by Gasteiger charge is -2.04. The van der Waals surface area contributed by atoms with Crippen molar-refractivity contribution in [2.24, 2.45) is 5.73 Å². The van der Waals surface area contributed by atoms with Crippen LogP contribution in [-0.2, 0) is 6.54 Å². The molecular formula is C10H14N4OS. The van der Waals surface area contributed by atoms with Gasteiger partial charge in [0.25, 0.3) is 0 Å². The van der Waals surface area contributed by atoms with E-state index in [1.165, 1.54) is 0 Å². The van der Waals surface area contributed by atoms with Crippen molar-refractivity contribution < 1.29 is 4.42 Å². The van der Waals surface area contributed by atoms with Gasteiger partial charge in [0.15, 0.2) is 16.7 Å². The molecule has 0 bridgehead atoms. The predicted molar refractivity (Wildman–Crippen MR) is 63.2 cm³/mol. The van der Waals surface area contributed by atoms with E-state index >= 15 is 0 Å². The quantitative estimate of drug-likeness (QED) is 0.801. The molecule has 2 rings (SSSR count). The van der Waals surface area contributed by atoms with Crippen molar-refractivity contribution in [3.8, 4) is 11.6 Å². The van der Waals surface area contributed by atoms with Gasteiger partial charge in [-0.1, -0.05) is 11.8 Å². The van der Waals surface area contributed by atoms with E-state index in [4.69, 9.17) is 10.2 Å². The predicted octanol–water partition coefficient (Wildman–Crippen LogP) is 1.61. The fourth-order valence-corrected chi connectivity index (χ4v) is 2.19. The maximum absolute atomic E-state index is 5.47. The van der Waals surface area contributed by atoms with Gasteiger partial charge in [-0.3, -0.25) is 4.57 Å². The lowest BCUT2D eigenvalue weighted by molar-refractivity contribution is 0.567. The molecule has 0 aliphatic heterocycles. The van der Waals surface area contributed by atoms with Crippen LogP contribution in [0.5, 0.6) is 0 Å². The molecule has 0 spiro atoms. The molecule has 0 aliphatic carbocycles. The number of furan rings is 1. The van der Waals surface area contributed by atoms with Gasteiger partial charge in [-0.15, -0.1) is 10.2 Å². The van der Waals surface area contributed by atoms with Crippen molar-refractivity contribution in [1.29, 1.82) is 0 Å². The van der Waals surface area contributed by atoms with Crippen LogP contribution in [-0.4, -0.2) is 27.1 Å². The minimum Gasteiger partial charge on any atom is -0.461 e. The van der Waals surface area contributed by atoms with Gasteiger partial charge in [-0.25, -0.2) is 0 Å². The van der Waals surface area contributed by atoms with Crippen molar-refractivity contribution in [3.05, 3.63) is 18.4 Å². The number of nitrogens with zero attached hydrogens (tertiary/aromatic N) is 3. The van der Waals surface area contributed by atoms with Crippen LogP contribution in [0, 0.1) is 0 Å². The third-order valence-corrected chi connectivity index (χ3v) is 3.12. The summed E-state index contributed by atoms with van der Waals surface area (Å²) in [5.41, 5.74) is 5.47. The molecule has 0 aliphatic rings. The van der Waals surface area contributed by atoms with E-state index in [9.17, 15) is 0 Å². The van der Waals surface area contributed by atoms with Crippen LogP contribution >= 0.6 is 11.8 Å². The van der Waals surface area contributed by atoms with Crippen LogP contribution in [0.3, 0.4) is 0 Å². The minimum atomic E-state index is 0.636. The van der Waals surface area contributed by atoms with Crippen molar-refractivity contribution in [2.75, 3.05) is 12.3 Å². The Balaban J connectivity index is 2.29. The third-order valence-electron chi connectivity index (χ3n) is 2.12. The summed E-state index contributed by atoms with van der Waals surface area (Å²) in [4.78, 5) is 0. The molecule has 0 amide bonds. The van der Waals surface area contributed by atoms with Gasteiger partial charge in [0.05, 0.1) is 6.26 Å². The summed E-state index contributed by atoms with van der Waals surface area (Å²) in [6.07, 6.45) is 1.64. The van der Waals surface area contributed by atoms with Crippen molar-refractivity contribution >= 4 is 11.8 Å². The number of thioether (sulfide) groups is 1. The van der Waals surface area contributed by atoms with Crippen LogP contribution in [0.4, 0.5) is 0 Å². The molecule has 2 N–H and O–H groups in total. The summed E-state index contributed by atoms with van der Waals surface area (Å²) in [7, 11) is 0. The molecule has 86 valence electrons. The maximum atomic E-state index is 5.47. The second-order valence-corrected chi connectivity index (χ2v) is 4.23. The molecular weight excluding hydrogens is 224 g/mol. The summed E-state index contributed by atoms with van der Waals surface area (Å²) in [5, 5.41) is 9.17. The minimum absolute atomic E-state index is 0.636. The van der Waals surface area contributed by atoms with Crippen molar-refractivity contribution in [3.63, 3.8) is 0 Å². The monoisotopic (exact) mass is 238 g/mol. The van der Waals surface area contributed by atoms with Gasteiger partial charge >= 0.3 is 0 Å². The van der Waals surface area contributed by atoms with E-state index in [0.717, 1.165) is 29.0 Å². The topological polar surface area (TPSA) is 69.9 Å². The fourth-order valence-electron chi connectivity index (χ4n) is 1.42. The lowest BCUT2D eigenvalue weighted by Crippen LogP contribution is -2.04. The Bertz CT molecular complexity index is 438. The molecule has 0 atom stereocenters. The summed E-state index contributed by atoms with van der Waals surface area (Å²) < 4.78 is 7.35. The Morgan fingerprint density at radius 1 is 1.50 bits per heavy atom. The molecule has 16 heavy (non-hydrogen) atoms. The second-order valence-electron chi connectivity index (χ2n) is 3.16. The Morgan fingerprint density at radius 3 is 3.00 bits per heavy atom. The largest absolute Gasteiger partial charge is 0.461 e. The Hall–Kier alpha value is -1.27. The van der Waals surface area contributed by atoms with Gasteiger partial charge in [-0.05, 0) is 19.1 Å². The molecule has 0 radical (unpaired) electrons. The maximum Gasteiger partial charge on any atom is 0.200 e. The van der Waals surface area contributed by atoms with Crippen LogP contribution in [0.2, 0.25) is 0 Å². The zero-order valence-corrected chi connectivity index (χ0v) is 9.91. The highest BCUT2D eigenvalue weighted by atomic mass is 32.2. The van der Waals surface area contributed by atoms with Crippen LogP contribution in [0.15, 0.2) is 28.0 Å². The zero-order chi connectivity index (χ0) is 11.4. The number of aromatic nitrogens is 3.